The van der Waals surface area contributed by atoms with E-state index in [4.69, 9.17) is 5.73 Å². The predicted octanol–water partition coefficient (Wildman–Crippen LogP) is 1.99. The molecule has 118 valence electrons. The third kappa shape index (κ3) is 2.46. The third-order valence-electron chi connectivity index (χ3n) is 4.12. The van der Waals surface area contributed by atoms with Gasteiger partial charge in [0.1, 0.15) is 5.01 Å². The van der Waals surface area contributed by atoms with E-state index in [9.17, 15) is 4.79 Å². The van der Waals surface area contributed by atoms with Crippen molar-refractivity contribution in [2.24, 2.45) is 0 Å². The molecular formula is C16H17N5OS. The molecule has 6 nitrogen and oxygen atoms in total. The standard InChI is InChI=1S/C16H17N5OS/c1-10-8-15(22)21-16(18-10)23-14(19-21)9-20-7-3-4-11-12(17)5-2-6-13(11)20/h2,5-6,8H,3-4,7,9,17H2,1H3. The number of nitrogens with zero attached hydrogens (tertiary/aromatic N) is 4. The van der Waals surface area contributed by atoms with Gasteiger partial charge in [0.15, 0.2) is 0 Å². The molecule has 0 atom stereocenters. The van der Waals surface area contributed by atoms with Crippen molar-refractivity contribution in [1.82, 2.24) is 14.6 Å². The van der Waals surface area contributed by atoms with Crippen LogP contribution in [0.15, 0.2) is 29.1 Å². The van der Waals surface area contributed by atoms with Crippen LogP contribution < -0.4 is 16.2 Å². The van der Waals surface area contributed by atoms with Gasteiger partial charge in [0.25, 0.3) is 5.56 Å². The summed E-state index contributed by atoms with van der Waals surface area (Å²) in [6, 6.07) is 7.55. The number of anilines is 2. The van der Waals surface area contributed by atoms with E-state index in [1.54, 1.807) is 0 Å². The molecule has 7 heteroatoms. The second-order valence-electron chi connectivity index (χ2n) is 5.80. The smallest absolute Gasteiger partial charge is 0.275 e. The highest BCUT2D eigenvalue weighted by Crippen LogP contribution is 2.32. The second kappa shape index (κ2) is 5.34. The normalized spacial score (nSPS) is 14.2. The van der Waals surface area contributed by atoms with E-state index in [-0.39, 0.29) is 5.56 Å². The zero-order chi connectivity index (χ0) is 16.0. The maximum absolute atomic E-state index is 12.0. The van der Waals surface area contributed by atoms with Crippen LogP contribution in [-0.2, 0) is 13.0 Å². The van der Waals surface area contributed by atoms with Crippen molar-refractivity contribution in [3.63, 3.8) is 0 Å². The Morgan fingerprint density at radius 1 is 1.39 bits per heavy atom. The number of hydrogen-bond donors (Lipinski definition) is 1. The molecule has 0 fully saturated rings. The quantitative estimate of drug-likeness (QED) is 0.729. The van der Waals surface area contributed by atoms with Crippen LogP contribution in [0.4, 0.5) is 11.4 Å². The van der Waals surface area contributed by atoms with E-state index in [0.717, 1.165) is 35.8 Å². The van der Waals surface area contributed by atoms with Crippen LogP contribution in [0.2, 0.25) is 0 Å². The van der Waals surface area contributed by atoms with Gasteiger partial charge < -0.3 is 10.6 Å². The van der Waals surface area contributed by atoms with Gasteiger partial charge in [-0.05, 0) is 37.5 Å². The molecule has 2 aromatic heterocycles. The van der Waals surface area contributed by atoms with E-state index >= 15 is 0 Å². The van der Waals surface area contributed by atoms with Crippen LogP contribution in [0.25, 0.3) is 4.96 Å². The van der Waals surface area contributed by atoms with Crippen molar-refractivity contribution < 1.29 is 0 Å². The predicted molar refractivity (Wildman–Crippen MR) is 92.1 cm³/mol. The highest BCUT2D eigenvalue weighted by molar-refractivity contribution is 7.16. The third-order valence-corrected chi connectivity index (χ3v) is 5.02. The minimum atomic E-state index is -0.127. The minimum absolute atomic E-state index is 0.127. The molecule has 4 rings (SSSR count). The lowest BCUT2D eigenvalue weighted by Crippen LogP contribution is -2.29. The van der Waals surface area contributed by atoms with Crippen molar-refractivity contribution in [2.75, 3.05) is 17.2 Å². The van der Waals surface area contributed by atoms with Crippen LogP contribution in [0.3, 0.4) is 0 Å². The summed E-state index contributed by atoms with van der Waals surface area (Å²) in [6.45, 7) is 3.46. The van der Waals surface area contributed by atoms with Crippen molar-refractivity contribution in [1.29, 1.82) is 0 Å². The van der Waals surface area contributed by atoms with E-state index in [2.05, 4.69) is 21.0 Å². The first-order chi connectivity index (χ1) is 11.1. The van der Waals surface area contributed by atoms with E-state index in [1.807, 2.05) is 19.1 Å². The van der Waals surface area contributed by atoms with Gasteiger partial charge in [-0.25, -0.2) is 4.98 Å². The molecule has 2 N–H and O–H groups in total. The first-order valence-electron chi connectivity index (χ1n) is 7.60. The Bertz CT molecular complexity index is 945. The van der Waals surface area contributed by atoms with Gasteiger partial charge in [0.2, 0.25) is 4.96 Å². The summed E-state index contributed by atoms with van der Waals surface area (Å²) in [7, 11) is 0. The SMILES string of the molecule is Cc1cc(=O)n2nc(CN3CCCc4c(N)cccc43)sc2n1. The van der Waals surface area contributed by atoms with Gasteiger partial charge in [-0.3, -0.25) is 4.79 Å². The molecule has 0 spiro atoms. The molecule has 0 saturated carbocycles. The fourth-order valence-electron chi connectivity index (χ4n) is 3.08. The molecule has 0 saturated heterocycles. The molecule has 1 aliphatic heterocycles. The number of aryl methyl sites for hydroxylation is 1. The summed E-state index contributed by atoms with van der Waals surface area (Å²) in [5.74, 6) is 0. The van der Waals surface area contributed by atoms with Crippen LogP contribution in [0.1, 0.15) is 22.7 Å². The Hall–Kier alpha value is -2.41. The molecule has 0 unspecified atom stereocenters. The van der Waals surface area contributed by atoms with Gasteiger partial charge in [-0.2, -0.15) is 9.61 Å². The molecule has 0 radical (unpaired) electrons. The van der Waals surface area contributed by atoms with E-state index in [0.29, 0.717) is 11.5 Å². The topological polar surface area (TPSA) is 76.5 Å². The Morgan fingerprint density at radius 2 is 2.26 bits per heavy atom. The molecule has 0 bridgehead atoms. The molecule has 3 aromatic rings. The molecule has 23 heavy (non-hydrogen) atoms. The summed E-state index contributed by atoms with van der Waals surface area (Å²) >= 11 is 1.47. The number of fused-ring (bicyclic) bond motifs is 2. The maximum Gasteiger partial charge on any atom is 0.275 e. The fourth-order valence-corrected chi connectivity index (χ4v) is 4.04. The number of nitrogens with two attached hydrogens (primary N) is 1. The van der Waals surface area contributed by atoms with E-state index in [1.165, 1.54) is 33.2 Å². The Morgan fingerprint density at radius 3 is 3.13 bits per heavy atom. The largest absolute Gasteiger partial charge is 0.398 e. The first kappa shape index (κ1) is 14.2. The van der Waals surface area contributed by atoms with Gasteiger partial charge in [-0.15, -0.1) is 0 Å². The summed E-state index contributed by atoms with van der Waals surface area (Å²) in [5, 5.41) is 5.31. The molecule has 3 heterocycles. The van der Waals surface area contributed by atoms with E-state index < -0.39 is 0 Å². The average molecular weight is 327 g/mol. The number of hydrogen-bond acceptors (Lipinski definition) is 6. The lowest BCUT2D eigenvalue weighted by Gasteiger charge is -2.31. The zero-order valence-corrected chi connectivity index (χ0v) is 13.6. The number of aromatic nitrogens is 3. The lowest BCUT2D eigenvalue weighted by molar-refractivity contribution is 0.683. The minimum Gasteiger partial charge on any atom is -0.398 e. The summed E-state index contributed by atoms with van der Waals surface area (Å²) in [4.78, 5) is 19.3. The van der Waals surface area contributed by atoms with Crippen LogP contribution in [0, 0.1) is 6.92 Å². The zero-order valence-electron chi connectivity index (χ0n) is 12.8. The number of rotatable bonds is 2. The van der Waals surface area contributed by atoms with Crippen molar-refractivity contribution in [3.8, 4) is 0 Å². The summed E-state index contributed by atoms with van der Waals surface area (Å²) < 4.78 is 1.39. The average Bonchev–Trinajstić information content (AvgIpc) is 2.91. The van der Waals surface area contributed by atoms with Gasteiger partial charge in [0.05, 0.1) is 6.54 Å². The molecule has 1 aliphatic rings. The van der Waals surface area contributed by atoms with Gasteiger partial charge >= 0.3 is 0 Å². The summed E-state index contributed by atoms with van der Waals surface area (Å²) in [5.41, 5.74) is 9.94. The highest BCUT2D eigenvalue weighted by Gasteiger charge is 2.20. The maximum atomic E-state index is 12.0. The lowest BCUT2D eigenvalue weighted by atomic mass is 10.00. The van der Waals surface area contributed by atoms with Crippen LogP contribution >= 0.6 is 11.3 Å². The van der Waals surface area contributed by atoms with Crippen molar-refractivity contribution in [3.05, 3.63) is 50.9 Å². The van der Waals surface area contributed by atoms with Crippen molar-refractivity contribution in [2.45, 2.75) is 26.3 Å². The fraction of sp³-hybridized carbons (Fsp3) is 0.312. The molecular weight excluding hydrogens is 310 g/mol. The molecule has 0 amide bonds. The van der Waals surface area contributed by atoms with Crippen LogP contribution in [0.5, 0.6) is 0 Å². The summed E-state index contributed by atoms with van der Waals surface area (Å²) in [6.07, 6.45) is 2.09. The van der Waals surface area contributed by atoms with Gasteiger partial charge in [0, 0.05) is 29.7 Å². The Balaban J connectivity index is 1.71. The van der Waals surface area contributed by atoms with Crippen molar-refractivity contribution >= 4 is 27.7 Å². The Labute approximate surface area is 137 Å². The first-order valence-corrected chi connectivity index (χ1v) is 8.42. The number of benzene rings is 1. The molecule has 1 aromatic carbocycles. The Kier molecular flexibility index (Phi) is 3.30. The number of nitrogen functional groups attached to an aromatic ring is 1. The molecule has 0 aliphatic carbocycles. The monoisotopic (exact) mass is 327 g/mol. The second-order valence-corrected chi connectivity index (χ2v) is 6.84. The van der Waals surface area contributed by atoms with Gasteiger partial charge in [-0.1, -0.05) is 17.4 Å². The van der Waals surface area contributed by atoms with Crippen LogP contribution in [-0.4, -0.2) is 21.1 Å². The highest BCUT2D eigenvalue weighted by atomic mass is 32.1.